The molecule has 0 saturated heterocycles. The molecule has 0 radical (unpaired) electrons. The molecule has 4 rings (SSSR count). The number of pyridine rings is 2. The zero-order valence-electron chi connectivity index (χ0n) is 16.3. The molecule has 1 N–H and O–H groups in total. The maximum Gasteiger partial charge on any atom is 0.408 e. The molecule has 0 aromatic carbocycles. The number of aromatic nitrogens is 5. The minimum Gasteiger partial charge on any atom is -0.494 e. The quantitative estimate of drug-likeness (QED) is 0.459. The number of hydrogen-bond acceptors (Lipinski definition) is 5. The SMILES string of the molecule is Cc1cc(-c2cncc(OCCF)c2)nc2cn(-c3cnn(CC(F)(F)F)c3)c(O)c12. The van der Waals surface area contributed by atoms with Crippen LogP contribution in [0.5, 0.6) is 11.6 Å². The van der Waals surface area contributed by atoms with Crippen molar-refractivity contribution in [3.63, 3.8) is 0 Å². The van der Waals surface area contributed by atoms with Crippen LogP contribution in [0.3, 0.4) is 0 Å². The lowest BCUT2D eigenvalue weighted by Crippen LogP contribution is -2.17. The number of aryl methyl sites for hydroxylation is 1. The van der Waals surface area contributed by atoms with E-state index in [1.807, 2.05) is 0 Å². The monoisotopic (exact) mass is 435 g/mol. The van der Waals surface area contributed by atoms with Crippen LogP contribution in [0, 0.1) is 6.92 Å². The second kappa shape index (κ2) is 7.89. The van der Waals surface area contributed by atoms with Crippen LogP contribution in [0.2, 0.25) is 0 Å². The third-order valence-electron chi connectivity index (χ3n) is 4.54. The molecule has 0 aliphatic carbocycles. The van der Waals surface area contributed by atoms with Crippen molar-refractivity contribution >= 4 is 10.9 Å². The van der Waals surface area contributed by atoms with Gasteiger partial charge in [-0.3, -0.25) is 14.2 Å². The topological polar surface area (TPSA) is 78.0 Å². The number of fused-ring (bicyclic) bond motifs is 1. The summed E-state index contributed by atoms with van der Waals surface area (Å²) in [5, 5.41) is 14.8. The summed E-state index contributed by atoms with van der Waals surface area (Å²) in [6, 6.07) is 3.42. The van der Waals surface area contributed by atoms with Gasteiger partial charge in [0.25, 0.3) is 0 Å². The maximum atomic E-state index is 12.6. The fourth-order valence-corrected chi connectivity index (χ4v) is 3.27. The Kier molecular flexibility index (Phi) is 5.25. The Morgan fingerprint density at radius 3 is 2.68 bits per heavy atom. The molecule has 4 aromatic heterocycles. The predicted octanol–water partition coefficient (Wildman–Crippen LogP) is 4.21. The molecule has 4 aromatic rings. The first-order chi connectivity index (χ1) is 14.7. The highest BCUT2D eigenvalue weighted by molar-refractivity contribution is 5.90. The number of rotatable bonds is 6. The van der Waals surface area contributed by atoms with Gasteiger partial charge in [-0.1, -0.05) is 0 Å². The second-order valence-electron chi connectivity index (χ2n) is 6.87. The first-order valence-corrected chi connectivity index (χ1v) is 9.20. The van der Waals surface area contributed by atoms with Crippen molar-refractivity contribution in [2.24, 2.45) is 0 Å². The van der Waals surface area contributed by atoms with Crippen LogP contribution in [0.4, 0.5) is 17.6 Å². The molecule has 31 heavy (non-hydrogen) atoms. The fourth-order valence-electron chi connectivity index (χ4n) is 3.27. The molecule has 0 aliphatic rings. The number of halogens is 4. The summed E-state index contributed by atoms with van der Waals surface area (Å²) >= 11 is 0. The van der Waals surface area contributed by atoms with Gasteiger partial charge >= 0.3 is 6.18 Å². The van der Waals surface area contributed by atoms with Gasteiger partial charge in [-0.15, -0.1) is 0 Å². The molecule has 0 bridgehead atoms. The number of aromatic hydroxyl groups is 1. The molecule has 11 heteroatoms. The van der Waals surface area contributed by atoms with Crippen LogP contribution in [-0.2, 0) is 6.54 Å². The van der Waals surface area contributed by atoms with Gasteiger partial charge in [-0.25, -0.2) is 9.37 Å². The summed E-state index contributed by atoms with van der Waals surface area (Å²) in [6.07, 6.45) is 2.58. The van der Waals surface area contributed by atoms with Gasteiger partial charge in [-0.05, 0) is 24.6 Å². The zero-order valence-corrected chi connectivity index (χ0v) is 16.3. The summed E-state index contributed by atoms with van der Waals surface area (Å²) in [5.41, 5.74) is 2.59. The van der Waals surface area contributed by atoms with Crippen molar-refractivity contribution < 1.29 is 27.4 Å². The van der Waals surface area contributed by atoms with Crippen LogP contribution < -0.4 is 4.74 Å². The van der Waals surface area contributed by atoms with E-state index in [9.17, 15) is 22.7 Å². The van der Waals surface area contributed by atoms with Gasteiger partial charge in [0, 0.05) is 24.2 Å². The van der Waals surface area contributed by atoms with Crippen LogP contribution in [0.15, 0.2) is 43.1 Å². The smallest absolute Gasteiger partial charge is 0.408 e. The Bertz CT molecular complexity index is 1230. The molecule has 0 unspecified atom stereocenters. The highest BCUT2D eigenvalue weighted by Gasteiger charge is 2.28. The highest BCUT2D eigenvalue weighted by atomic mass is 19.4. The normalized spacial score (nSPS) is 11.9. The van der Waals surface area contributed by atoms with Crippen LogP contribution >= 0.6 is 0 Å². The maximum absolute atomic E-state index is 12.6. The van der Waals surface area contributed by atoms with E-state index in [4.69, 9.17) is 4.74 Å². The fraction of sp³-hybridized carbons (Fsp3) is 0.250. The van der Waals surface area contributed by atoms with Crippen molar-refractivity contribution in [1.82, 2.24) is 24.3 Å². The van der Waals surface area contributed by atoms with Crippen molar-refractivity contribution in [3.05, 3.63) is 48.7 Å². The van der Waals surface area contributed by atoms with E-state index in [2.05, 4.69) is 15.1 Å². The summed E-state index contributed by atoms with van der Waals surface area (Å²) in [5.74, 6) is 0.239. The third kappa shape index (κ3) is 4.30. The zero-order chi connectivity index (χ0) is 22.2. The number of hydrogen-bond donors (Lipinski definition) is 1. The van der Waals surface area contributed by atoms with E-state index in [1.165, 1.54) is 29.4 Å². The molecule has 0 spiro atoms. The minimum absolute atomic E-state index is 0.0879. The Hall–Kier alpha value is -3.63. The number of alkyl halides is 4. The van der Waals surface area contributed by atoms with E-state index in [0.29, 0.717) is 33.5 Å². The van der Waals surface area contributed by atoms with E-state index < -0.39 is 19.4 Å². The van der Waals surface area contributed by atoms with Gasteiger partial charge in [-0.2, -0.15) is 18.3 Å². The summed E-state index contributed by atoms with van der Waals surface area (Å²) in [4.78, 5) is 8.62. The molecular formula is C20H17F4N5O2. The van der Waals surface area contributed by atoms with Gasteiger partial charge in [0.05, 0.1) is 34.7 Å². The van der Waals surface area contributed by atoms with Crippen molar-refractivity contribution in [2.75, 3.05) is 13.3 Å². The minimum atomic E-state index is -4.41. The van der Waals surface area contributed by atoms with E-state index in [-0.39, 0.29) is 18.2 Å². The molecular weight excluding hydrogens is 418 g/mol. The molecule has 0 amide bonds. The number of nitrogens with zero attached hydrogens (tertiary/aromatic N) is 5. The summed E-state index contributed by atoms with van der Waals surface area (Å²) < 4.78 is 57.5. The van der Waals surface area contributed by atoms with E-state index in [1.54, 1.807) is 25.3 Å². The molecule has 162 valence electrons. The van der Waals surface area contributed by atoms with Gasteiger partial charge < -0.3 is 9.84 Å². The first-order valence-electron chi connectivity index (χ1n) is 9.20. The van der Waals surface area contributed by atoms with Crippen LogP contribution in [0.25, 0.3) is 27.8 Å². The lowest BCUT2D eigenvalue weighted by atomic mass is 10.1. The van der Waals surface area contributed by atoms with E-state index >= 15 is 0 Å². The largest absolute Gasteiger partial charge is 0.494 e. The van der Waals surface area contributed by atoms with E-state index in [0.717, 1.165) is 4.68 Å². The average molecular weight is 435 g/mol. The number of ether oxygens (including phenoxy) is 1. The second-order valence-corrected chi connectivity index (χ2v) is 6.87. The molecule has 0 aliphatic heterocycles. The van der Waals surface area contributed by atoms with Crippen LogP contribution in [-0.4, -0.2) is 48.9 Å². The van der Waals surface area contributed by atoms with Gasteiger partial charge in [0.15, 0.2) is 0 Å². The lowest BCUT2D eigenvalue weighted by molar-refractivity contribution is -0.142. The molecule has 0 atom stereocenters. The van der Waals surface area contributed by atoms with Gasteiger partial charge in [0.2, 0.25) is 5.88 Å². The highest BCUT2D eigenvalue weighted by Crippen LogP contribution is 2.34. The van der Waals surface area contributed by atoms with Crippen molar-refractivity contribution in [2.45, 2.75) is 19.6 Å². The Morgan fingerprint density at radius 1 is 1.13 bits per heavy atom. The summed E-state index contributed by atoms with van der Waals surface area (Å²) in [6.45, 7) is -0.166. The lowest BCUT2D eigenvalue weighted by Gasteiger charge is -2.07. The summed E-state index contributed by atoms with van der Waals surface area (Å²) in [7, 11) is 0. The molecule has 4 heterocycles. The molecule has 7 nitrogen and oxygen atoms in total. The Balaban J connectivity index is 1.73. The van der Waals surface area contributed by atoms with Crippen molar-refractivity contribution in [3.8, 4) is 28.6 Å². The Labute approximate surface area is 173 Å². The third-order valence-corrected chi connectivity index (χ3v) is 4.54. The standard InChI is InChI=1S/C20H17F4N5O2/c1-12-4-16(13-5-15(8-25-6-13)31-3-2-21)27-17-10-29(19(30)18(12)17)14-7-26-28(9-14)11-20(22,23)24/h4-10,30H,2-3,11H2,1H3. The Morgan fingerprint density at radius 2 is 1.94 bits per heavy atom. The van der Waals surface area contributed by atoms with Gasteiger partial charge in [0.1, 0.15) is 25.6 Å². The van der Waals surface area contributed by atoms with Crippen LogP contribution in [0.1, 0.15) is 5.56 Å². The first kappa shape index (κ1) is 20.6. The molecule has 0 saturated carbocycles. The average Bonchev–Trinajstić information content (AvgIpc) is 3.29. The molecule has 0 fully saturated rings. The van der Waals surface area contributed by atoms with Crippen molar-refractivity contribution in [1.29, 1.82) is 0 Å². The predicted molar refractivity (Wildman–Crippen MR) is 104 cm³/mol.